The minimum Gasteiger partial charge on any atom is -0.497 e. The van der Waals surface area contributed by atoms with Crippen LogP contribution >= 0.6 is 11.3 Å². The molecule has 0 unspecified atom stereocenters. The molecule has 4 nitrogen and oxygen atoms in total. The molecule has 0 spiro atoms. The van der Waals surface area contributed by atoms with Crippen molar-refractivity contribution in [3.8, 4) is 22.6 Å². The largest absolute Gasteiger partial charge is 0.497 e. The van der Waals surface area contributed by atoms with Gasteiger partial charge in [0.05, 0.1) is 19.9 Å². The van der Waals surface area contributed by atoms with Crippen LogP contribution in [0.25, 0.3) is 11.1 Å². The maximum absolute atomic E-state index is 12.4. The van der Waals surface area contributed by atoms with Crippen molar-refractivity contribution in [2.45, 2.75) is 12.3 Å². The number of hydrogen-bond donors (Lipinski definition) is 1. The topological polar surface area (TPSA) is 47.6 Å². The summed E-state index contributed by atoms with van der Waals surface area (Å²) in [5.74, 6) is 1.71. The van der Waals surface area contributed by atoms with Crippen LogP contribution in [0.2, 0.25) is 0 Å². The Morgan fingerprint density at radius 3 is 2.54 bits per heavy atom. The number of anilines is 1. The van der Waals surface area contributed by atoms with Gasteiger partial charge in [0.2, 0.25) is 5.91 Å². The number of hydrogen-bond acceptors (Lipinski definition) is 4. The number of thiophene rings is 1. The lowest BCUT2D eigenvalue weighted by Crippen LogP contribution is -2.22. The van der Waals surface area contributed by atoms with E-state index in [1.807, 2.05) is 42.5 Å². The molecular weight excluding hydrogens is 346 g/mol. The second-order valence-electron chi connectivity index (χ2n) is 6.20. The Morgan fingerprint density at radius 1 is 1.04 bits per heavy atom. The Kier molecular flexibility index (Phi) is 4.39. The molecule has 5 heteroatoms. The Labute approximate surface area is 156 Å². The molecule has 1 amide bonds. The first-order chi connectivity index (χ1) is 12.7. The van der Waals surface area contributed by atoms with Crippen molar-refractivity contribution in [3.05, 3.63) is 64.4 Å². The van der Waals surface area contributed by atoms with Gasteiger partial charge >= 0.3 is 0 Å². The van der Waals surface area contributed by atoms with Crippen molar-refractivity contribution in [3.63, 3.8) is 0 Å². The number of benzene rings is 2. The van der Waals surface area contributed by atoms with Crippen molar-refractivity contribution in [1.82, 2.24) is 0 Å². The van der Waals surface area contributed by atoms with E-state index in [0.717, 1.165) is 33.9 Å². The molecule has 0 bridgehead atoms. The molecule has 0 saturated heterocycles. The predicted molar refractivity (Wildman–Crippen MR) is 104 cm³/mol. The van der Waals surface area contributed by atoms with Gasteiger partial charge in [0.1, 0.15) is 11.5 Å². The zero-order valence-corrected chi connectivity index (χ0v) is 15.4. The highest BCUT2D eigenvalue weighted by atomic mass is 32.1. The average Bonchev–Trinajstić information content (AvgIpc) is 3.11. The first kappa shape index (κ1) is 16.7. The van der Waals surface area contributed by atoms with E-state index in [-0.39, 0.29) is 11.8 Å². The van der Waals surface area contributed by atoms with Gasteiger partial charge in [-0.25, -0.2) is 0 Å². The summed E-state index contributed by atoms with van der Waals surface area (Å²) in [5.41, 5.74) is 4.14. The first-order valence-corrected chi connectivity index (χ1v) is 9.27. The van der Waals surface area contributed by atoms with Crippen LogP contribution in [0.5, 0.6) is 11.5 Å². The molecule has 132 valence electrons. The Bertz CT molecular complexity index is 946. The normalized spacial score (nSPS) is 15.9. The maximum Gasteiger partial charge on any atom is 0.225 e. The molecule has 1 atom stereocenters. The molecule has 0 saturated carbocycles. The summed E-state index contributed by atoms with van der Waals surface area (Å²) >= 11 is 1.69. The van der Waals surface area contributed by atoms with Gasteiger partial charge in [-0.05, 0) is 35.4 Å². The lowest BCUT2D eigenvalue weighted by molar-refractivity contribution is -0.116. The second kappa shape index (κ2) is 6.84. The van der Waals surface area contributed by atoms with Crippen LogP contribution in [0, 0.1) is 0 Å². The van der Waals surface area contributed by atoms with Crippen molar-refractivity contribution in [2.24, 2.45) is 0 Å². The molecule has 2 heterocycles. The number of rotatable bonds is 4. The molecule has 1 aliphatic rings. The molecule has 1 N–H and O–H groups in total. The molecule has 1 aromatic heterocycles. The minimum absolute atomic E-state index is 0.0403. The van der Waals surface area contributed by atoms with E-state index in [4.69, 9.17) is 9.47 Å². The summed E-state index contributed by atoms with van der Waals surface area (Å²) < 4.78 is 10.6. The zero-order chi connectivity index (χ0) is 18.1. The minimum atomic E-state index is 0.0403. The monoisotopic (exact) mass is 365 g/mol. The molecule has 4 rings (SSSR count). The summed E-state index contributed by atoms with van der Waals surface area (Å²) in [7, 11) is 3.31. The second-order valence-corrected chi connectivity index (χ2v) is 7.11. The van der Waals surface area contributed by atoms with Gasteiger partial charge in [-0.15, -0.1) is 11.3 Å². The van der Waals surface area contributed by atoms with E-state index in [0.29, 0.717) is 6.42 Å². The van der Waals surface area contributed by atoms with Crippen molar-refractivity contribution < 1.29 is 14.3 Å². The van der Waals surface area contributed by atoms with E-state index >= 15 is 0 Å². The highest BCUT2D eigenvalue weighted by Crippen LogP contribution is 2.47. The fourth-order valence-corrected chi connectivity index (χ4v) is 4.50. The Morgan fingerprint density at radius 2 is 1.81 bits per heavy atom. The lowest BCUT2D eigenvalue weighted by Gasteiger charge is -2.24. The average molecular weight is 365 g/mol. The van der Waals surface area contributed by atoms with Crippen LogP contribution in [-0.2, 0) is 4.79 Å². The van der Waals surface area contributed by atoms with Gasteiger partial charge in [0, 0.05) is 28.2 Å². The van der Waals surface area contributed by atoms with E-state index in [1.54, 1.807) is 25.6 Å². The van der Waals surface area contributed by atoms with E-state index in [1.165, 1.54) is 4.88 Å². The summed E-state index contributed by atoms with van der Waals surface area (Å²) in [6.45, 7) is 0. The van der Waals surface area contributed by atoms with E-state index < -0.39 is 0 Å². The van der Waals surface area contributed by atoms with Gasteiger partial charge in [-0.2, -0.15) is 0 Å². The number of carbonyl (C=O) groups excluding carboxylic acids is 1. The number of carbonyl (C=O) groups is 1. The van der Waals surface area contributed by atoms with Crippen molar-refractivity contribution in [1.29, 1.82) is 0 Å². The fraction of sp³-hybridized carbons (Fsp3) is 0.190. The van der Waals surface area contributed by atoms with Crippen LogP contribution in [0.3, 0.4) is 0 Å². The van der Waals surface area contributed by atoms with E-state index in [9.17, 15) is 4.79 Å². The number of fused-ring (bicyclic) bond motifs is 1. The predicted octanol–water partition coefficient (Wildman–Crippen LogP) is 4.91. The van der Waals surface area contributed by atoms with Crippen LogP contribution in [0.15, 0.2) is 53.9 Å². The molecule has 0 radical (unpaired) electrons. The van der Waals surface area contributed by atoms with Crippen LogP contribution in [0.4, 0.5) is 5.69 Å². The number of ether oxygens (including phenoxy) is 2. The third kappa shape index (κ3) is 2.95. The Balaban J connectivity index is 1.76. The van der Waals surface area contributed by atoms with Crippen LogP contribution in [-0.4, -0.2) is 20.1 Å². The standard InChI is InChI=1S/C21H19NO3S/c1-24-15-8-6-13(7-9-15)18-12-26-21-17(11-19(23)22-20(18)21)14-4-3-5-16(10-14)25-2/h3-10,12,17H,11H2,1-2H3,(H,22,23)/t17-/m1/s1. The molecule has 0 aliphatic carbocycles. The van der Waals surface area contributed by atoms with Gasteiger partial charge in [0.15, 0.2) is 0 Å². The van der Waals surface area contributed by atoms with Gasteiger partial charge in [0.25, 0.3) is 0 Å². The van der Waals surface area contributed by atoms with Gasteiger partial charge in [-0.1, -0.05) is 24.3 Å². The molecule has 0 fully saturated rings. The van der Waals surface area contributed by atoms with Crippen molar-refractivity contribution in [2.75, 3.05) is 19.5 Å². The maximum atomic E-state index is 12.4. The quantitative estimate of drug-likeness (QED) is 0.715. The summed E-state index contributed by atoms with van der Waals surface area (Å²) in [6, 6.07) is 15.9. The molecule has 1 aliphatic heterocycles. The molecule has 26 heavy (non-hydrogen) atoms. The van der Waals surface area contributed by atoms with Crippen LogP contribution < -0.4 is 14.8 Å². The summed E-state index contributed by atoms with van der Waals surface area (Å²) in [4.78, 5) is 13.6. The highest BCUT2D eigenvalue weighted by molar-refractivity contribution is 7.11. The first-order valence-electron chi connectivity index (χ1n) is 8.39. The highest BCUT2D eigenvalue weighted by Gasteiger charge is 2.30. The van der Waals surface area contributed by atoms with E-state index in [2.05, 4.69) is 16.8 Å². The summed E-state index contributed by atoms with van der Waals surface area (Å²) in [6.07, 6.45) is 0.447. The number of nitrogens with one attached hydrogen (secondary N) is 1. The third-order valence-corrected chi connectivity index (χ3v) is 5.78. The summed E-state index contributed by atoms with van der Waals surface area (Å²) in [5, 5.41) is 5.19. The lowest BCUT2D eigenvalue weighted by atomic mass is 9.89. The van der Waals surface area contributed by atoms with Crippen molar-refractivity contribution >= 4 is 22.9 Å². The van der Waals surface area contributed by atoms with Gasteiger partial charge < -0.3 is 14.8 Å². The molecule has 2 aromatic carbocycles. The fourth-order valence-electron chi connectivity index (χ4n) is 3.34. The Hall–Kier alpha value is -2.79. The van der Waals surface area contributed by atoms with Crippen LogP contribution in [0.1, 0.15) is 22.8 Å². The number of methoxy groups -OCH3 is 2. The molecule has 3 aromatic rings. The van der Waals surface area contributed by atoms with Gasteiger partial charge in [-0.3, -0.25) is 4.79 Å². The zero-order valence-electron chi connectivity index (χ0n) is 14.6. The third-order valence-electron chi connectivity index (χ3n) is 4.69. The molecular formula is C21H19NO3S. The number of amides is 1. The SMILES string of the molecule is COc1ccc(-c2csc3c2NC(=O)C[C@@H]3c2cccc(OC)c2)cc1. The smallest absolute Gasteiger partial charge is 0.225 e.